The molecule has 0 radical (unpaired) electrons. The van der Waals surface area contributed by atoms with Gasteiger partial charge in [-0.15, -0.1) is 0 Å². The summed E-state index contributed by atoms with van der Waals surface area (Å²) in [6.45, 7) is 5.74. The van der Waals surface area contributed by atoms with Crippen LogP contribution in [0.1, 0.15) is 45.1 Å². The topological polar surface area (TPSA) is 63.2 Å². The van der Waals surface area contributed by atoms with Crippen LogP contribution in [-0.4, -0.2) is 14.3 Å². The first-order chi connectivity index (χ1) is 9.79. The van der Waals surface area contributed by atoms with Gasteiger partial charge in [0.2, 0.25) is 5.91 Å². The second-order valence-corrected chi connectivity index (χ2v) is 7.69. The zero-order valence-corrected chi connectivity index (χ0v) is 14.2. The number of benzene rings is 1. The molecule has 1 atom stereocenters. The van der Waals surface area contributed by atoms with Crippen LogP contribution < -0.4 is 5.32 Å². The molecule has 1 aromatic rings. The smallest absolute Gasteiger partial charge is 0.261 e. The lowest BCUT2D eigenvalue weighted by atomic mass is 9.98. The van der Waals surface area contributed by atoms with E-state index in [0.29, 0.717) is 11.3 Å². The van der Waals surface area contributed by atoms with Crippen molar-refractivity contribution in [3.8, 4) is 0 Å². The predicted molar refractivity (Wildman–Crippen MR) is 86.2 cm³/mol. The van der Waals surface area contributed by atoms with E-state index in [0.717, 1.165) is 25.7 Å². The maximum atomic E-state index is 12.2. The van der Waals surface area contributed by atoms with Crippen molar-refractivity contribution in [1.82, 2.24) is 0 Å². The lowest BCUT2D eigenvalue weighted by Gasteiger charge is -2.15. The number of hydrogen-bond acceptors (Lipinski definition) is 3. The first-order valence-corrected chi connectivity index (χ1v) is 9.46. The van der Waals surface area contributed by atoms with Crippen molar-refractivity contribution in [2.24, 2.45) is 5.92 Å². The van der Waals surface area contributed by atoms with Crippen LogP contribution in [0.5, 0.6) is 0 Å². The molecule has 0 saturated carbocycles. The second-order valence-electron chi connectivity index (χ2n) is 5.15. The molecule has 118 valence electrons. The molecule has 0 aliphatic carbocycles. The molecule has 0 heterocycles. The Labute approximate surface area is 131 Å². The van der Waals surface area contributed by atoms with E-state index in [1.54, 1.807) is 19.1 Å². The van der Waals surface area contributed by atoms with Gasteiger partial charge in [0.05, 0.1) is 4.90 Å². The highest BCUT2D eigenvalue weighted by molar-refractivity contribution is 8.13. The number of halogens is 1. The van der Waals surface area contributed by atoms with Gasteiger partial charge in [0.25, 0.3) is 9.05 Å². The van der Waals surface area contributed by atoms with Crippen LogP contribution in [0.15, 0.2) is 23.1 Å². The number of hydrogen-bond donors (Lipinski definition) is 1. The third-order valence-electron chi connectivity index (χ3n) is 3.47. The van der Waals surface area contributed by atoms with Crippen molar-refractivity contribution in [2.45, 2.75) is 51.3 Å². The van der Waals surface area contributed by atoms with Crippen LogP contribution in [-0.2, 0) is 13.8 Å². The number of unbranched alkanes of at least 4 members (excludes halogenated alkanes) is 1. The Morgan fingerprint density at radius 1 is 1.33 bits per heavy atom. The molecule has 0 spiro atoms. The average Bonchev–Trinajstić information content (AvgIpc) is 2.38. The largest absolute Gasteiger partial charge is 0.326 e. The maximum absolute atomic E-state index is 12.2. The van der Waals surface area contributed by atoms with E-state index in [1.807, 2.05) is 6.92 Å². The molecule has 1 amide bonds. The van der Waals surface area contributed by atoms with Crippen LogP contribution in [0, 0.1) is 12.8 Å². The lowest BCUT2D eigenvalue weighted by molar-refractivity contribution is -0.120. The lowest BCUT2D eigenvalue weighted by Crippen LogP contribution is -2.22. The van der Waals surface area contributed by atoms with Gasteiger partial charge >= 0.3 is 0 Å². The van der Waals surface area contributed by atoms with Crippen molar-refractivity contribution in [3.05, 3.63) is 23.8 Å². The Hall–Kier alpha value is -1.07. The first kappa shape index (κ1) is 18.0. The monoisotopic (exact) mass is 331 g/mol. The van der Waals surface area contributed by atoms with Crippen molar-refractivity contribution < 1.29 is 13.2 Å². The molecule has 1 rings (SSSR count). The van der Waals surface area contributed by atoms with Gasteiger partial charge in [-0.25, -0.2) is 8.42 Å². The normalized spacial score (nSPS) is 13.0. The van der Waals surface area contributed by atoms with E-state index in [2.05, 4.69) is 12.2 Å². The summed E-state index contributed by atoms with van der Waals surface area (Å²) in [5, 5.41) is 2.84. The minimum absolute atomic E-state index is 0.0123. The number of rotatable bonds is 7. The van der Waals surface area contributed by atoms with Crippen molar-refractivity contribution in [1.29, 1.82) is 0 Å². The molecule has 0 bridgehead atoms. The van der Waals surface area contributed by atoms with Gasteiger partial charge in [-0.2, -0.15) is 0 Å². The fourth-order valence-corrected chi connectivity index (χ4v) is 3.41. The van der Waals surface area contributed by atoms with Crippen molar-refractivity contribution in [3.63, 3.8) is 0 Å². The highest BCUT2D eigenvalue weighted by atomic mass is 35.7. The molecule has 0 aliphatic heterocycles. The van der Waals surface area contributed by atoms with E-state index >= 15 is 0 Å². The highest BCUT2D eigenvalue weighted by Gasteiger charge is 2.17. The summed E-state index contributed by atoms with van der Waals surface area (Å²) in [6, 6.07) is 4.60. The van der Waals surface area contributed by atoms with E-state index in [9.17, 15) is 13.2 Å². The Balaban J connectivity index is 2.84. The third kappa shape index (κ3) is 5.32. The molecule has 0 saturated heterocycles. The summed E-state index contributed by atoms with van der Waals surface area (Å²) in [7, 11) is 1.58. The van der Waals surface area contributed by atoms with E-state index < -0.39 is 9.05 Å². The Morgan fingerprint density at radius 3 is 2.48 bits per heavy atom. The van der Waals surface area contributed by atoms with E-state index in [1.165, 1.54) is 6.07 Å². The second kappa shape index (κ2) is 7.80. The summed E-state index contributed by atoms with van der Waals surface area (Å²) in [5.74, 6) is -0.0338. The minimum Gasteiger partial charge on any atom is -0.326 e. The van der Waals surface area contributed by atoms with Crippen LogP contribution in [0.2, 0.25) is 0 Å². The van der Waals surface area contributed by atoms with Gasteiger partial charge in [0.1, 0.15) is 0 Å². The minimum atomic E-state index is -3.75. The molecule has 1 unspecified atom stereocenters. The molecule has 1 N–H and O–H groups in total. The van der Waals surface area contributed by atoms with Gasteiger partial charge in [-0.05, 0) is 43.5 Å². The summed E-state index contributed by atoms with van der Waals surface area (Å²) in [4.78, 5) is 12.3. The van der Waals surface area contributed by atoms with Gasteiger partial charge < -0.3 is 5.32 Å². The van der Waals surface area contributed by atoms with Crippen molar-refractivity contribution in [2.75, 3.05) is 5.32 Å². The van der Waals surface area contributed by atoms with Gasteiger partial charge in [0.15, 0.2) is 0 Å². The third-order valence-corrected chi connectivity index (χ3v) is 4.96. The standard InChI is InChI=1S/C15H22ClNO3S/c1-4-6-7-12(5-2)15(18)17-13-8-9-14(11(3)10-13)21(16,19)20/h8-10,12H,4-7H2,1-3H3,(H,17,18). The number of carbonyl (C=O) groups excluding carboxylic acids is 1. The summed E-state index contributed by atoms with van der Waals surface area (Å²) >= 11 is 0. The van der Waals surface area contributed by atoms with E-state index in [-0.39, 0.29) is 16.7 Å². The van der Waals surface area contributed by atoms with Gasteiger partial charge in [0, 0.05) is 22.3 Å². The van der Waals surface area contributed by atoms with Crippen LogP contribution >= 0.6 is 10.7 Å². The molecular formula is C15H22ClNO3S. The van der Waals surface area contributed by atoms with E-state index in [4.69, 9.17) is 10.7 Å². The summed E-state index contributed by atoms with van der Waals surface area (Å²) in [6.07, 6.45) is 3.74. The zero-order valence-electron chi connectivity index (χ0n) is 12.6. The Kier molecular flexibility index (Phi) is 6.68. The number of carbonyl (C=O) groups is 1. The van der Waals surface area contributed by atoms with Crippen LogP contribution in [0.3, 0.4) is 0 Å². The molecule has 4 nitrogen and oxygen atoms in total. The number of aryl methyl sites for hydroxylation is 1. The quantitative estimate of drug-likeness (QED) is 0.766. The summed E-state index contributed by atoms with van der Waals surface area (Å²) < 4.78 is 22.7. The molecule has 21 heavy (non-hydrogen) atoms. The van der Waals surface area contributed by atoms with Gasteiger partial charge in [-0.3, -0.25) is 4.79 Å². The SMILES string of the molecule is CCCCC(CC)C(=O)Nc1ccc(S(=O)(=O)Cl)c(C)c1. The first-order valence-electron chi connectivity index (χ1n) is 7.15. The number of nitrogens with one attached hydrogen (secondary N) is 1. The summed E-state index contributed by atoms with van der Waals surface area (Å²) in [5.41, 5.74) is 1.11. The van der Waals surface area contributed by atoms with Crippen LogP contribution in [0.25, 0.3) is 0 Å². The molecule has 1 aromatic carbocycles. The van der Waals surface area contributed by atoms with Crippen molar-refractivity contribution >= 4 is 31.3 Å². The maximum Gasteiger partial charge on any atom is 0.261 e. The molecule has 0 aromatic heterocycles. The Bertz CT molecular complexity index is 599. The fourth-order valence-electron chi connectivity index (χ4n) is 2.22. The molecule has 6 heteroatoms. The average molecular weight is 332 g/mol. The predicted octanol–water partition coefficient (Wildman–Crippen LogP) is 4.08. The highest BCUT2D eigenvalue weighted by Crippen LogP contribution is 2.23. The van der Waals surface area contributed by atoms with Gasteiger partial charge in [-0.1, -0.05) is 26.7 Å². The fraction of sp³-hybridized carbons (Fsp3) is 0.533. The number of anilines is 1. The Morgan fingerprint density at radius 2 is 2.00 bits per heavy atom. The zero-order chi connectivity index (χ0) is 16.0. The molecule has 0 aliphatic rings. The molecule has 0 fully saturated rings. The number of amides is 1. The van der Waals surface area contributed by atoms with Crippen LogP contribution in [0.4, 0.5) is 5.69 Å². The molecular weight excluding hydrogens is 310 g/mol.